The van der Waals surface area contributed by atoms with Gasteiger partial charge in [-0.05, 0) is 79.4 Å². The van der Waals surface area contributed by atoms with Gasteiger partial charge in [0.15, 0.2) is 0 Å². The van der Waals surface area contributed by atoms with E-state index in [1.54, 1.807) is 0 Å². The van der Waals surface area contributed by atoms with Gasteiger partial charge in [-0.2, -0.15) is 0 Å². The maximum Gasteiger partial charge on any atom is 0.0724 e. The Kier molecular flexibility index (Phi) is 3.11. The predicted molar refractivity (Wildman–Crippen MR) is 83.6 cm³/mol. The molecule has 0 spiro atoms. The fourth-order valence-corrected chi connectivity index (χ4v) is 6.76. The van der Waals surface area contributed by atoms with E-state index in [0.29, 0.717) is 5.92 Å². The Morgan fingerprint density at radius 1 is 0.952 bits per heavy atom. The Hall–Kier alpha value is -0.340. The molecular weight excluding hydrogens is 260 g/mol. The number of aliphatic hydroxyl groups is 2. The van der Waals surface area contributed by atoms with Crippen molar-refractivity contribution in [1.29, 1.82) is 0 Å². The lowest BCUT2D eigenvalue weighted by Crippen LogP contribution is -2.53. The van der Waals surface area contributed by atoms with E-state index in [9.17, 15) is 10.2 Å². The van der Waals surface area contributed by atoms with Gasteiger partial charge in [-0.25, -0.2) is 0 Å². The van der Waals surface area contributed by atoms with E-state index in [2.05, 4.69) is 26.0 Å². The SMILES string of the molecule is C[C@]12C=C[C@H](O)C[C@@H]1CC[C@H]1[C@H]2CC[C@]2(C)[C@@H](O)CC[C@@H]12. The van der Waals surface area contributed by atoms with Crippen molar-refractivity contribution in [3.63, 3.8) is 0 Å². The van der Waals surface area contributed by atoms with Crippen molar-refractivity contribution in [2.24, 2.45) is 34.5 Å². The largest absolute Gasteiger partial charge is 0.393 e. The van der Waals surface area contributed by atoms with Gasteiger partial charge in [-0.1, -0.05) is 26.0 Å². The molecule has 21 heavy (non-hydrogen) atoms. The molecule has 0 saturated heterocycles. The normalized spacial score (nSPS) is 59.2. The average molecular weight is 290 g/mol. The molecule has 4 rings (SSSR count). The van der Waals surface area contributed by atoms with Crippen molar-refractivity contribution in [1.82, 2.24) is 0 Å². The lowest BCUT2D eigenvalue weighted by Gasteiger charge is -2.59. The zero-order chi connectivity index (χ0) is 14.8. The van der Waals surface area contributed by atoms with Crippen LogP contribution in [0.1, 0.15) is 58.8 Å². The summed E-state index contributed by atoms with van der Waals surface area (Å²) in [6.07, 6.45) is 12.4. The van der Waals surface area contributed by atoms with Crippen molar-refractivity contribution in [3.8, 4) is 0 Å². The molecule has 4 aliphatic carbocycles. The minimum absolute atomic E-state index is 0.0716. The van der Waals surface area contributed by atoms with E-state index >= 15 is 0 Å². The van der Waals surface area contributed by atoms with Crippen LogP contribution in [-0.4, -0.2) is 22.4 Å². The first-order valence-electron chi connectivity index (χ1n) is 9.00. The molecule has 0 unspecified atom stereocenters. The van der Waals surface area contributed by atoms with E-state index in [4.69, 9.17) is 0 Å². The highest BCUT2D eigenvalue weighted by molar-refractivity contribution is 5.17. The monoisotopic (exact) mass is 290 g/mol. The van der Waals surface area contributed by atoms with Gasteiger partial charge >= 0.3 is 0 Å². The third-order valence-corrected chi connectivity index (χ3v) is 8.12. The molecule has 3 saturated carbocycles. The summed E-state index contributed by atoms with van der Waals surface area (Å²) in [7, 11) is 0. The van der Waals surface area contributed by atoms with Gasteiger partial charge < -0.3 is 10.2 Å². The minimum Gasteiger partial charge on any atom is -0.393 e. The lowest BCUT2D eigenvalue weighted by atomic mass is 9.46. The summed E-state index contributed by atoms with van der Waals surface area (Å²) in [5.74, 6) is 2.95. The maximum atomic E-state index is 10.5. The summed E-state index contributed by atoms with van der Waals surface area (Å²) in [4.78, 5) is 0. The molecular formula is C19H30O2. The number of aliphatic hydroxyl groups excluding tert-OH is 2. The molecule has 8 atom stereocenters. The van der Waals surface area contributed by atoms with Gasteiger partial charge in [0.25, 0.3) is 0 Å². The molecule has 0 aromatic carbocycles. The maximum absolute atomic E-state index is 10.5. The van der Waals surface area contributed by atoms with Crippen LogP contribution < -0.4 is 0 Å². The molecule has 0 aliphatic heterocycles. The fourth-order valence-electron chi connectivity index (χ4n) is 6.76. The van der Waals surface area contributed by atoms with Crippen LogP contribution in [0.5, 0.6) is 0 Å². The molecule has 0 aromatic heterocycles. The van der Waals surface area contributed by atoms with E-state index in [1.807, 2.05) is 0 Å². The van der Waals surface area contributed by atoms with Gasteiger partial charge in [-0.3, -0.25) is 0 Å². The summed E-state index contributed by atoms with van der Waals surface area (Å²) in [5.41, 5.74) is 0.472. The quantitative estimate of drug-likeness (QED) is 0.670. The second kappa shape index (κ2) is 4.58. The topological polar surface area (TPSA) is 40.5 Å². The fraction of sp³-hybridized carbons (Fsp3) is 0.895. The van der Waals surface area contributed by atoms with Crippen LogP contribution in [0.15, 0.2) is 12.2 Å². The minimum atomic E-state index is -0.221. The molecule has 0 heterocycles. The third kappa shape index (κ3) is 1.84. The van der Waals surface area contributed by atoms with E-state index in [1.165, 1.54) is 32.1 Å². The van der Waals surface area contributed by atoms with Crippen molar-refractivity contribution in [2.45, 2.75) is 71.0 Å². The van der Waals surface area contributed by atoms with Crippen LogP contribution in [0.3, 0.4) is 0 Å². The Labute approximate surface area is 128 Å². The molecule has 3 fully saturated rings. The second-order valence-electron chi connectivity index (χ2n) is 8.82. The van der Waals surface area contributed by atoms with Crippen LogP contribution in [0.4, 0.5) is 0 Å². The predicted octanol–water partition coefficient (Wildman–Crippen LogP) is 3.53. The number of fused-ring (bicyclic) bond motifs is 5. The summed E-state index contributed by atoms with van der Waals surface area (Å²) >= 11 is 0. The molecule has 4 aliphatic rings. The van der Waals surface area contributed by atoms with E-state index in [-0.39, 0.29) is 23.0 Å². The van der Waals surface area contributed by atoms with Crippen LogP contribution in [0.2, 0.25) is 0 Å². The van der Waals surface area contributed by atoms with E-state index in [0.717, 1.165) is 30.6 Å². The van der Waals surface area contributed by atoms with Crippen molar-refractivity contribution >= 4 is 0 Å². The Morgan fingerprint density at radius 2 is 1.76 bits per heavy atom. The zero-order valence-electron chi connectivity index (χ0n) is 13.5. The van der Waals surface area contributed by atoms with Crippen molar-refractivity contribution < 1.29 is 10.2 Å². The smallest absolute Gasteiger partial charge is 0.0724 e. The van der Waals surface area contributed by atoms with Gasteiger partial charge in [0.05, 0.1) is 12.2 Å². The zero-order valence-corrected chi connectivity index (χ0v) is 13.5. The summed E-state index contributed by atoms with van der Waals surface area (Å²) in [6.45, 7) is 4.80. The van der Waals surface area contributed by atoms with Crippen LogP contribution in [-0.2, 0) is 0 Å². The molecule has 2 N–H and O–H groups in total. The Morgan fingerprint density at radius 3 is 2.57 bits per heavy atom. The van der Waals surface area contributed by atoms with Crippen LogP contribution >= 0.6 is 0 Å². The van der Waals surface area contributed by atoms with Crippen LogP contribution in [0.25, 0.3) is 0 Å². The molecule has 2 nitrogen and oxygen atoms in total. The first-order valence-corrected chi connectivity index (χ1v) is 9.00. The van der Waals surface area contributed by atoms with Gasteiger partial charge in [0, 0.05) is 0 Å². The number of rotatable bonds is 0. The summed E-state index contributed by atoms with van der Waals surface area (Å²) in [6, 6.07) is 0. The van der Waals surface area contributed by atoms with Gasteiger partial charge in [0.2, 0.25) is 0 Å². The highest BCUT2D eigenvalue weighted by Crippen LogP contribution is 2.65. The van der Waals surface area contributed by atoms with Crippen molar-refractivity contribution in [2.75, 3.05) is 0 Å². The number of allylic oxidation sites excluding steroid dienone is 1. The molecule has 0 radical (unpaired) electrons. The van der Waals surface area contributed by atoms with Crippen LogP contribution in [0, 0.1) is 34.5 Å². The molecule has 118 valence electrons. The molecule has 0 amide bonds. The number of hydrogen-bond donors (Lipinski definition) is 2. The standard InChI is InChI=1S/C19H30O2/c1-18-9-7-13(20)11-12(18)3-4-14-15-5-6-17(21)19(15,2)10-8-16(14)18/h7,9,12-17,20-21H,3-6,8,10-11H2,1-2H3/t12-,13-,14+,15-,16+,17-,18-,19-/m0/s1. The second-order valence-corrected chi connectivity index (χ2v) is 8.82. The first kappa shape index (κ1) is 14.3. The molecule has 0 aromatic rings. The summed E-state index contributed by atoms with van der Waals surface area (Å²) < 4.78 is 0. The van der Waals surface area contributed by atoms with Gasteiger partial charge in [0.1, 0.15) is 0 Å². The molecule has 0 bridgehead atoms. The van der Waals surface area contributed by atoms with Crippen molar-refractivity contribution in [3.05, 3.63) is 12.2 Å². The van der Waals surface area contributed by atoms with Gasteiger partial charge in [-0.15, -0.1) is 0 Å². The lowest BCUT2D eigenvalue weighted by molar-refractivity contribution is -0.0994. The first-order chi connectivity index (χ1) is 9.95. The highest BCUT2D eigenvalue weighted by atomic mass is 16.3. The summed E-state index contributed by atoms with van der Waals surface area (Å²) in [5, 5.41) is 20.4. The Bertz CT molecular complexity index is 458. The molecule has 2 heteroatoms. The average Bonchev–Trinajstić information content (AvgIpc) is 2.76. The van der Waals surface area contributed by atoms with E-state index < -0.39 is 0 Å². The highest BCUT2D eigenvalue weighted by Gasteiger charge is 2.59. The third-order valence-electron chi connectivity index (χ3n) is 8.12. The number of hydrogen-bond acceptors (Lipinski definition) is 2. The Balaban J connectivity index is 1.67.